The van der Waals surface area contributed by atoms with E-state index < -0.39 is 0 Å². The summed E-state index contributed by atoms with van der Waals surface area (Å²) in [7, 11) is 0. The summed E-state index contributed by atoms with van der Waals surface area (Å²) >= 11 is 0. The zero-order chi connectivity index (χ0) is 39.7. The van der Waals surface area contributed by atoms with Crippen molar-refractivity contribution in [2.45, 2.75) is 13.8 Å². The molecule has 0 spiro atoms. The fourth-order valence-electron chi connectivity index (χ4n) is 7.15. The van der Waals surface area contributed by atoms with E-state index in [1.165, 1.54) is 0 Å². The second-order valence-electron chi connectivity index (χ2n) is 14.0. The summed E-state index contributed by atoms with van der Waals surface area (Å²) in [4.78, 5) is 15.1. The van der Waals surface area contributed by atoms with Crippen LogP contribution in [0.4, 0.5) is 0 Å². The van der Waals surface area contributed by atoms with Crippen LogP contribution in [0.5, 0.6) is 0 Å². The normalized spacial score (nSPS) is 11.3. The van der Waals surface area contributed by atoms with Crippen molar-refractivity contribution in [3.05, 3.63) is 240 Å². The Balaban J connectivity index is 1.37. The van der Waals surface area contributed by atoms with E-state index in [0.717, 1.165) is 72.4 Å². The van der Waals surface area contributed by atoms with Crippen molar-refractivity contribution in [3.8, 4) is 51.1 Å². The van der Waals surface area contributed by atoms with Crippen molar-refractivity contribution in [2.24, 2.45) is 0 Å². The first-order valence-electron chi connectivity index (χ1n) is 19.4. The molecule has 7 aromatic carbocycles. The molecule has 0 saturated heterocycles. The molecule has 4 heteroatoms. The molecule has 276 valence electrons. The SMILES string of the molecule is C/C=C\C=C(/C)c1nc(-c2ccccc2)nc(-c2cc(-c3cccc(C#N)c3)cc(-c3cccc(C(=C(c4ccccc4)c4ccccc4)c4ccccc4)c3)c2)n1. The number of nitriles is 1. The van der Waals surface area contributed by atoms with Crippen LogP contribution in [-0.4, -0.2) is 15.0 Å². The predicted octanol–water partition coefficient (Wildman–Crippen LogP) is 13.4. The first-order valence-corrected chi connectivity index (χ1v) is 19.4. The Bertz CT molecular complexity index is 2790. The number of hydrogen-bond donors (Lipinski definition) is 0. The van der Waals surface area contributed by atoms with Gasteiger partial charge in [-0.3, -0.25) is 0 Å². The van der Waals surface area contributed by atoms with Crippen molar-refractivity contribution in [2.75, 3.05) is 0 Å². The van der Waals surface area contributed by atoms with Gasteiger partial charge in [-0.2, -0.15) is 5.26 Å². The largest absolute Gasteiger partial charge is 0.209 e. The van der Waals surface area contributed by atoms with Crippen molar-refractivity contribution in [1.29, 1.82) is 5.26 Å². The van der Waals surface area contributed by atoms with Crippen LogP contribution in [0.2, 0.25) is 0 Å². The number of rotatable bonds is 10. The van der Waals surface area contributed by atoms with Gasteiger partial charge in [-0.15, -0.1) is 0 Å². The molecule has 0 atom stereocenters. The molecule has 1 heterocycles. The molecule has 0 aliphatic rings. The summed E-state index contributed by atoms with van der Waals surface area (Å²) in [5.41, 5.74) is 14.0. The number of nitrogens with zero attached hydrogens (tertiary/aromatic N) is 4. The van der Waals surface area contributed by atoms with Crippen LogP contribution >= 0.6 is 0 Å². The van der Waals surface area contributed by atoms with Gasteiger partial charge < -0.3 is 0 Å². The van der Waals surface area contributed by atoms with E-state index in [1.807, 2.05) is 86.7 Å². The van der Waals surface area contributed by atoms with E-state index in [9.17, 15) is 5.26 Å². The topological polar surface area (TPSA) is 62.5 Å². The van der Waals surface area contributed by atoms with E-state index in [2.05, 4.69) is 140 Å². The monoisotopic (exact) mass is 744 g/mol. The lowest BCUT2D eigenvalue weighted by atomic mass is 9.85. The summed E-state index contributed by atoms with van der Waals surface area (Å²) in [6.45, 7) is 4.01. The highest BCUT2D eigenvalue weighted by atomic mass is 15.0. The number of aromatic nitrogens is 3. The smallest absolute Gasteiger partial charge is 0.164 e. The highest BCUT2D eigenvalue weighted by Gasteiger charge is 2.18. The summed E-state index contributed by atoms with van der Waals surface area (Å²) < 4.78 is 0. The Morgan fingerprint density at radius 3 is 1.45 bits per heavy atom. The van der Waals surface area contributed by atoms with Crippen molar-refractivity contribution >= 4 is 16.7 Å². The molecule has 0 bridgehead atoms. The maximum absolute atomic E-state index is 9.85. The summed E-state index contributed by atoms with van der Waals surface area (Å²) in [5, 5.41) is 9.85. The molecule has 0 fully saturated rings. The fraction of sp³-hybridized carbons (Fsp3) is 0.0370. The Hall–Kier alpha value is -7.74. The quantitative estimate of drug-likeness (QED) is 0.103. The Labute approximate surface area is 340 Å². The van der Waals surface area contributed by atoms with Gasteiger partial charge in [0.25, 0.3) is 0 Å². The van der Waals surface area contributed by atoms with Crippen LogP contribution in [0, 0.1) is 11.3 Å². The van der Waals surface area contributed by atoms with Gasteiger partial charge in [0.05, 0.1) is 11.6 Å². The molecule has 58 heavy (non-hydrogen) atoms. The minimum absolute atomic E-state index is 0.563. The zero-order valence-electron chi connectivity index (χ0n) is 32.4. The van der Waals surface area contributed by atoms with Crippen molar-refractivity contribution in [1.82, 2.24) is 15.0 Å². The van der Waals surface area contributed by atoms with Gasteiger partial charge >= 0.3 is 0 Å². The lowest BCUT2D eigenvalue weighted by Gasteiger charge is -2.19. The van der Waals surface area contributed by atoms with Gasteiger partial charge in [-0.25, -0.2) is 15.0 Å². The van der Waals surface area contributed by atoms with E-state index >= 15 is 0 Å². The molecular weight excluding hydrogens is 705 g/mol. The van der Waals surface area contributed by atoms with Gasteiger partial charge in [0, 0.05) is 11.1 Å². The molecule has 0 aliphatic heterocycles. The minimum Gasteiger partial charge on any atom is -0.209 e. The van der Waals surface area contributed by atoms with Gasteiger partial charge in [0.15, 0.2) is 17.5 Å². The van der Waals surface area contributed by atoms with E-state index in [0.29, 0.717) is 23.0 Å². The first-order chi connectivity index (χ1) is 28.6. The van der Waals surface area contributed by atoms with E-state index in [1.54, 1.807) is 0 Å². The zero-order valence-corrected chi connectivity index (χ0v) is 32.4. The van der Waals surface area contributed by atoms with Gasteiger partial charge in [-0.05, 0) is 111 Å². The second kappa shape index (κ2) is 17.4. The Kier molecular flexibility index (Phi) is 11.1. The molecule has 0 N–H and O–H groups in total. The molecule has 0 radical (unpaired) electrons. The standard InChI is InChI=1S/C54H40N4/c1-3-4-19-38(2)52-56-53(43-27-15-8-16-28-43)58-54(57-52)49-35-47(44-29-17-20-39(32-44)37-55)34-48(36-49)45-30-18-31-46(33-45)51(42-25-13-7-14-26-42)50(40-21-9-5-10-22-40)41-23-11-6-12-24-41/h3-36H,1-2H3/b4-3-,38-19+. The third-order valence-electron chi connectivity index (χ3n) is 10.00. The molecule has 0 saturated carbocycles. The van der Waals surface area contributed by atoms with Gasteiger partial charge in [0.2, 0.25) is 0 Å². The van der Waals surface area contributed by atoms with E-state index in [-0.39, 0.29) is 0 Å². The molecule has 1 aromatic heterocycles. The van der Waals surface area contributed by atoms with Crippen LogP contribution in [0.15, 0.2) is 206 Å². The van der Waals surface area contributed by atoms with Crippen LogP contribution in [0.1, 0.15) is 47.5 Å². The average molecular weight is 745 g/mol. The Morgan fingerprint density at radius 2 is 0.897 bits per heavy atom. The van der Waals surface area contributed by atoms with Crippen molar-refractivity contribution in [3.63, 3.8) is 0 Å². The van der Waals surface area contributed by atoms with Crippen LogP contribution in [-0.2, 0) is 0 Å². The summed E-state index contributed by atoms with van der Waals surface area (Å²) in [5.74, 6) is 1.77. The maximum atomic E-state index is 9.85. The highest BCUT2D eigenvalue weighted by Crippen LogP contribution is 2.39. The summed E-state index contributed by atoms with van der Waals surface area (Å²) in [6, 6.07) is 67.2. The lowest BCUT2D eigenvalue weighted by Crippen LogP contribution is -2.02. The molecule has 0 aliphatic carbocycles. The fourth-order valence-corrected chi connectivity index (χ4v) is 7.15. The van der Waals surface area contributed by atoms with Crippen molar-refractivity contribution < 1.29 is 0 Å². The predicted molar refractivity (Wildman–Crippen MR) is 239 cm³/mol. The second-order valence-corrected chi connectivity index (χ2v) is 14.0. The van der Waals surface area contributed by atoms with Crippen LogP contribution < -0.4 is 0 Å². The van der Waals surface area contributed by atoms with Crippen LogP contribution in [0.25, 0.3) is 61.7 Å². The summed E-state index contributed by atoms with van der Waals surface area (Å²) in [6.07, 6.45) is 6.00. The highest BCUT2D eigenvalue weighted by molar-refractivity contribution is 6.05. The van der Waals surface area contributed by atoms with Gasteiger partial charge in [-0.1, -0.05) is 170 Å². The minimum atomic E-state index is 0.563. The van der Waals surface area contributed by atoms with E-state index in [4.69, 9.17) is 15.0 Å². The third-order valence-corrected chi connectivity index (χ3v) is 10.00. The number of hydrogen-bond acceptors (Lipinski definition) is 4. The first kappa shape index (κ1) is 37.2. The molecule has 4 nitrogen and oxygen atoms in total. The van der Waals surface area contributed by atoms with Crippen LogP contribution in [0.3, 0.4) is 0 Å². The molecule has 8 aromatic rings. The number of allylic oxidation sites excluding steroid dienone is 4. The molecule has 8 rings (SSSR count). The molecular formula is C54H40N4. The molecule has 0 unspecified atom stereocenters. The third kappa shape index (κ3) is 8.26. The average Bonchev–Trinajstić information content (AvgIpc) is 3.30. The number of benzene rings is 7. The maximum Gasteiger partial charge on any atom is 0.164 e. The molecule has 0 amide bonds. The van der Waals surface area contributed by atoms with Gasteiger partial charge in [0.1, 0.15) is 0 Å². The Morgan fingerprint density at radius 1 is 0.448 bits per heavy atom. The lowest BCUT2D eigenvalue weighted by molar-refractivity contribution is 1.03.